The highest BCUT2D eigenvalue weighted by atomic mass is 16.3. The Labute approximate surface area is 191 Å². The van der Waals surface area contributed by atoms with Gasteiger partial charge in [-0.3, -0.25) is 0 Å². The van der Waals surface area contributed by atoms with Crippen molar-refractivity contribution in [2.24, 2.45) is 52.3 Å². The molecule has 0 spiro atoms. The lowest BCUT2D eigenvalue weighted by Crippen LogP contribution is -2.54. The van der Waals surface area contributed by atoms with Crippen LogP contribution in [0.15, 0.2) is 23.8 Å². The molecule has 0 radical (unpaired) electrons. The summed E-state index contributed by atoms with van der Waals surface area (Å²) in [5, 5.41) is 21.4. The number of hydrogen-bond acceptors (Lipinski definition) is 2. The predicted molar refractivity (Wildman–Crippen MR) is 130 cm³/mol. The van der Waals surface area contributed by atoms with E-state index in [4.69, 9.17) is 0 Å². The molecule has 0 aromatic carbocycles. The summed E-state index contributed by atoms with van der Waals surface area (Å²) in [6, 6.07) is 0. The maximum absolute atomic E-state index is 11.1. The maximum atomic E-state index is 11.1. The van der Waals surface area contributed by atoms with Crippen LogP contribution in [-0.4, -0.2) is 22.4 Å². The van der Waals surface area contributed by atoms with Crippen molar-refractivity contribution in [3.05, 3.63) is 23.8 Å². The molecule has 176 valence electrons. The first-order chi connectivity index (χ1) is 14.6. The largest absolute Gasteiger partial charge is 0.389 e. The van der Waals surface area contributed by atoms with Crippen molar-refractivity contribution in [1.29, 1.82) is 0 Å². The highest BCUT2D eigenvalue weighted by Crippen LogP contribution is 2.67. The molecule has 3 fully saturated rings. The van der Waals surface area contributed by atoms with Crippen LogP contribution in [0, 0.1) is 52.3 Å². The second kappa shape index (κ2) is 8.64. The molecule has 0 heterocycles. The Morgan fingerprint density at radius 2 is 1.74 bits per heavy atom. The summed E-state index contributed by atoms with van der Waals surface area (Å²) in [4.78, 5) is 0. The Hall–Kier alpha value is -0.600. The quantitative estimate of drug-likeness (QED) is 0.474. The van der Waals surface area contributed by atoms with Crippen molar-refractivity contribution < 1.29 is 10.2 Å². The number of rotatable bonds is 5. The normalized spacial score (nSPS) is 46.9. The first-order valence-corrected chi connectivity index (χ1v) is 13.4. The van der Waals surface area contributed by atoms with Crippen LogP contribution in [0.4, 0.5) is 0 Å². The summed E-state index contributed by atoms with van der Waals surface area (Å²) in [5.41, 5.74) is 1.68. The zero-order valence-corrected chi connectivity index (χ0v) is 21.0. The van der Waals surface area contributed by atoms with Gasteiger partial charge in [0.05, 0.1) is 12.2 Å². The van der Waals surface area contributed by atoms with Crippen LogP contribution in [0.25, 0.3) is 0 Å². The average molecular weight is 429 g/mol. The monoisotopic (exact) mass is 428 g/mol. The average Bonchev–Trinajstić information content (AvgIpc) is 3.07. The fourth-order valence-corrected chi connectivity index (χ4v) is 8.94. The molecule has 3 saturated carbocycles. The second-order valence-electron chi connectivity index (χ2n) is 12.6. The van der Waals surface area contributed by atoms with Crippen LogP contribution in [0.1, 0.15) is 92.9 Å². The van der Waals surface area contributed by atoms with E-state index in [9.17, 15) is 10.2 Å². The zero-order chi connectivity index (χ0) is 22.6. The Balaban J connectivity index is 1.55. The third-order valence-corrected chi connectivity index (χ3v) is 10.8. The molecule has 2 heteroatoms. The van der Waals surface area contributed by atoms with E-state index in [2.05, 4.69) is 53.7 Å². The fraction of sp³-hybridized carbons (Fsp3) is 0.862. The Morgan fingerprint density at radius 3 is 2.42 bits per heavy atom. The van der Waals surface area contributed by atoms with Gasteiger partial charge in [0.25, 0.3) is 0 Å². The van der Waals surface area contributed by atoms with Gasteiger partial charge in [-0.2, -0.15) is 0 Å². The van der Waals surface area contributed by atoms with E-state index in [0.29, 0.717) is 29.1 Å². The molecular formula is C29H48O2. The number of fused-ring (bicyclic) bond motifs is 5. The lowest BCUT2D eigenvalue weighted by atomic mass is 9.46. The Morgan fingerprint density at radius 1 is 1.00 bits per heavy atom. The van der Waals surface area contributed by atoms with Gasteiger partial charge in [-0.05, 0) is 109 Å². The van der Waals surface area contributed by atoms with Gasteiger partial charge in [0.2, 0.25) is 0 Å². The van der Waals surface area contributed by atoms with Crippen LogP contribution in [0.5, 0.6) is 0 Å². The fourth-order valence-electron chi connectivity index (χ4n) is 8.94. The molecule has 0 aliphatic heterocycles. The molecule has 4 aliphatic rings. The molecular weight excluding hydrogens is 380 g/mol. The van der Waals surface area contributed by atoms with Crippen LogP contribution < -0.4 is 0 Å². The third kappa shape index (κ3) is 3.88. The van der Waals surface area contributed by atoms with Crippen LogP contribution >= 0.6 is 0 Å². The molecule has 2 N–H and O–H groups in total. The van der Waals surface area contributed by atoms with Crippen molar-refractivity contribution in [3.8, 4) is 0 Å². The molecule has 0 aromatic rings. The minimum atomic E-state index is -0.357. The molecule has 4 rings (SSSR count). The first-order valence-electron chi connectivity index (χ1n) is 13.4. The molecule has 0 unspecified atom stereocenters. The first kappa shape index (κ1) is 23.6. The molecule has 0 saturated heterocycles. The van der Waals surface area contributed by atoms with Crippen molar-refractivity contribution in [1.82, 2.24) is 0 Å². The van der Waals surface area contributed by atoms with E-state index >= 15 is 0 Å². The smallest absolute Gasteiger partial charge is 0.0759 e. The summed E-state index contributed by atoms with van der Waals surface area (Å²) >= 11 is 0. The Bertz CT molecular complexity index is 708. The van der Waals surface area contributed by atoms with E-state index in [0.717, 1.165) is 37.0 Å². The van der Waals surface area contributed by atoms with Gasteiger partial charge in [0.1, 0.15) is 0 Å². The van der Waals surface area contributed by atoms with E-state index in [1.807, 2.05) is 6.08 Å². The van der Waals surface area contributed by atoms with Gasteiger partial charge >= 0.3 is 0 Å². The van der Waals surface area contributed by atoms with Crippen molar-refractivity contribution >= 4 is 0 Å². The van der Waals surface area contributed by atoms with Gasteiger partial charge in [-0.25, -0.2) is 0 Å². The van der Waals surface area contributed by atoms with Gasteiger partial charge in [-0.15, -0.1) is 0 Å². The van der Waals surface area contributed by atoms with E-state index < -0.39 is 0 Å². The van der Waals surface area contributed by atoms with Crippen molar-refractivity contribution in [2.45, 2.75) is 105 Å². The molecule has 0 bridgehead atoms. The highest BCUT2D eigenvalue weighted by molar-refractivity contribution is 5.29. The topological polar surface area (TPSA) is 40.5 Å². The van der Waals surface area contributed by atoms with E-state index in [1.54, 1.807) is 0 Å². The Kier molecular flexibility index (Phi) is 6.56. The predicted octanol–water partition coefficient (Wildman–Crippen LogP) is 6.77. The minimum Gasteiger partial charge on any atom is -0.389 e. The van der Waals surface area contributed by atoms with Crippen LogP contribution in [0.2, 0.25) is 0 Å². The standard InChI is InChI=1S/C29H48O2/c1-7-20(18(2)3)9-8-19(4)23-10-11-24-22-17-27(31)26-16-21(30)12-14-29(26,6)25(22)13-15-28(23,24)5/h8-9,16,18-25,27,30-31H,7,10-15,17H2,1-6H3/b9-8+/t19-,20-,21+,22+,23-,24+,25+,27-,28-,29-/m0/s1. The molecule has 10 atom stereocenters. The van der Waals surface area contributed by atoms with Crippen molar-refractivity contribution in [2.75, 3.05) is 0 Å². The number of aliphatic hydroxyl groups excluding tert-OH is 2. The van der Waals surface area contributed by atoms with Gasteiger partial charge in [0, 0.05) is 0 Å². The van der Waals surface area contributed by atoms with E-state index in [-0.39, 0.29) is 17.6 Å². The van der Waals surface area contributed by atoms with Gasteiger partial charge in [-0.1, -0.05) is 59.8 Å². The van der Waals surface area contributed by atoms with Crippen LogP contribution in [-0.2, 0) is 0 Å². The summed E-state index contributed by atoms with van der Waals surface area (Å²) < 4.78 is 0. The second-order valence-corrected chi connectivity index (χ2v) is 12.6. The van der Waals surface area contributed by atoms with Gasteiger partial charge < -0.3 is 10.2 Å². The number of aliphatic hydroxyl groups is 2. The summed E-state index contributed by atoms with van der Waals surface area (Å²) in [5.74, 6) is 4.91. The molecule has 4 aliphatic carbocycles. The number of allylic oxidation sites excluding steroid dienone is 2. The van der Waals surface area contributed by atoms with Gasteiger partial charge in [0.15, 0.2) is 0 Å². The molecule has 31 heavy (non-hydrogen) atoms. The molecule has 0 amide bonds. The minimum absolute atomic E-state index is 0.0953. The SMILES string of the molecule is CC[C@@H](/C=C/[C@H](C)[C@@H]1CC[C@@H]2[C@H]3C[C@H](O)C4=C[C@H](O)CC[C@@]4(C)[C@@H]3CC[C@]21C)C(C)C. The maximum Gasteiger partial charge on any atom is 0.0759 e. The lowest BCUT2D eigenvalue weighted by Gasteiger charge is -2.59. The van der Waals surface area contributed by atoms with E-state index in [1.165, 1.54) is 37.7 Å². The van der Waals surface area contributed by atoms with Crippen molar-refractivity contribution in [3.63, 3.8) is 0 Å². The number of hydrogen-bond donors (Lipinski definition) is 2. The zero-order valence-electron chi connectivity index (χ0n) is 21.0. The third-order valence-electron chi connectivity index (χ3n) is 10.8. The lowest BCUT2D eigenvalue weighted by molar-refractivity contribution is -0.0852. The summed E-state index contributed by atoms with van der Waals surface area (Å²) in [6.07, 6.45) is 15.8. The van der Waals surface area contributed by atoms with Crippen LogP contribution in [0.3, 0.4) is 0 Å². The highest BCUT2D eigenvalue weighted by Gasteiger charge is 2.60. The summed E-state index contributed by atoms with van der Waals surface area (Å²) in [6.45, 7) is 14.5. The molecule has 0 aromatic heterocycles. The summed E-state index contributed by atoms with van der Waals surface area (Å²) in [7, 11) is 0. The molecule has 2 nitrogen and oxygen atoms in total.